The molecule has 1 aliphatic heterocycles. The fourth-order valence-electron chi connectivity index (χ4n) is 4.50. The van der Waals surface area contributed by atoms with Crippen molar-refractivity contribution in [1.82, 2.24) is 14.9 Å². The summed E-state index contributed by atoms with van der Waals surface area (Å²) in [5, 5.41) is 12.2. The number of aliphatic hydroxyl groups excluding tert-OH is 1. The Balaban J connectivity index is 1.60. The number of benzene rings is 2. The van der Waals surface area contributed by atoms with Gasteiger partial charge in [-0.2, -0.15) is 0 Å². The van der Waals surface area contributed by atoms with Gasteiger partial charge in [0.25, 0.3) is 11.7 Å². The van der Waals surface area contributed by atoms with Crippen molar-refractivity contribution in [2.45, 2.75) is 26.4 Å². The third-order valence-electron chi connectivity index (χ3n) is 6.27. The number of nitrogens with zero attached hydrogens (tertiary/aromatic N) is 2. The number of rotatable bonds is 7. The predicted octanol–water partition coefficient (Wildman–Crippen LogP) is 5.22. The van der Waals surface area contributed by atoms with Gasteiger partial charge in [-0.15, -0.1) is 0 Å². The van der Waals surface area contributed by atoms with E-state index >= 15 is 0 Å². The number of amides is 1. The van der Waals surface area contributed by atoms with Crippen LogP contribution in [0.4, 0.5) is 0 Å². The molecule has 1 amide bonds. The number of hydrogen-bond acceptors (Lipinski definition) is 5. The van der Waals surface area contributed by atoms with Crippen LogP contribution >= 0.6 is 0 Å². The van der Waals surface area contributed by atoms with Gasteiger partial charge in [-0.05, 0) is 53.9 Å². The molecule has 2 N–H and O–H groups in total. The van der Waals surface area contributed by atoms with Gasteiger partial charge in [0.05, 0.1) is 18.2 Å². The van der Waals surface area contributed by atoms with E-state index in [0.29, 0.717) is 23.8 Å². The number of aromatic amines is 1. The number of hydrogen-bond donors (Lipinski definition) is 2. The highest BCUT2D eigenvalue weighted by molar-refractivity contribution is 6.46. The normalized spacial score (nSPS) is 17.3. The van der Waals surface area contributed by atoms with Gasteiger partial charge in [-0.1, -0.05) is 32.0 Å². The molecule has 0 aliphatic carbocycles. The molecule has 1 aliphatic rings. The topological polar surface area (TPSA) is 95.5 Å². The van der Waals surface area contributed by atoms with Crippen LogP contribution in [0.25, 0.3) is 16.7 Å². The number of para-hydroxylation sites is 1. The molecule has 1 atom stereocenters. The standard InChI is InChI=1S/C29H27N3O4/c1-18(2)17-36-21-9-7-20(8-10-21)27(33)25-26(23-15-31-24-6-4-3-5-22(23)24)32(29(35)28(25)34)16-19-11-13-30-14-12-19/h3-15,18,26,31,33H,16-17H2,1-2H3/b27-25+. The lowest BCUT2D eigenvalue weighted by atomic mass is 9.94. The molecule has 0 bridgehead atoms. The third-order valence-corrected chi connectivity index (χ3v) is 6.27. The third kappa shape index (κ3) is 4.35. The lowest BCUT2D eigenvalue weighted by molar-refractivity contribution is -0.140. The molecule has 3 heterocycles. The maximum Gasteiger partial charge on any atom is 0.295 e. The molecule has 4 aromatic rings. The summed E-state index contributed by atoms with van der Waals surface area (Å²) in [7, 11) is 0. The minimum absolute atomic E-state index is 0.0645. The Kier molecular flexibility index (Phi) is 6.29. The van der Waals surface area contributed by atoms with Crippen LogP contribution in [0.5, 0.6) is 5.75 Å². The fourth-order valence-corrected chi connectivity index (χ4v) is 4.50. The average Bonchev–Trinajstić information content (AvgIpc) is 3.42. The van der Waals surface area contributed by atoms with E-state index in [-0.39, 0.29) is 17.9 Å². The van der Waals surface area contributed by atoms with Gasteiger partial charge in [-0.3, -0.25) is 14.6 Å². The highest BCUT2D eigenvalue weighted by Crippen LogP contribution is 2.42. The molecule has 1 unspecified atom stereocenters. The Morgan fingerprint density at radius 2 is 1.78 bits per heavy atom. The summed E-state index contributed by atoms with van der Waals surface area (Å²) in [4.78, 5) is 35.4. The fraction of sp³-hybridized carbons (Fsp3) is 0.207. The van der Waals surface area contributed by atoms with Crippen LogP contribution in [0.3, 0.4) is 0 Å². The molecular formula is C29H27N3O4. The lowest BCUT2D eigenvalue weighted by Crippen LogP contribution is -2.29. The van der Waals surface area contributed by atoms with Crippen molar-refractivity contribution in [2.75, 3.05) is 6.61 Å². The van der Waals surface area contributed by atoms with Crippen molar-refractivity contribution >= 4 is 28.4 Å². The molecule has 0 radical (unpaired) electrons. The molecule has 1 saturated heterocycles. The maximum atomic E-state index is 13.4. The number of aromatic nitrogens is 2. The van der Waals surface area contributed by atoms with Gasteiger partial charge in [0.2, 0.25) is 0 Å². The molecule has 1 fully saturated rings. The molecule has 2 aromatic heterocycles. The Morgan fingerprint density at radius 3 is 2.50 bits per heavy atom. The molecule has 0 spiro atoms. The van der Waals surface area contributed by atoms with Crippen molar-refractivity contribution in [3.8, 4) is 5.75 Å². The van der Waals surface area contributed by atoms with E-state index in [0.717, 1.165) is 22.0 Å². The largest absolute Gasteiger partial charge is 0.507 e. The number of carbonyl (C=O) groups is 2. The first-order chi connectivity index (χ1) is 17.4. The van der Waals surface area contributed by atoms with Crippen LogP contribution in [0, 0.1) is 5.92 Å². The van der Waals surface area contributed by atoms with Crippen molar-refractivity contribution < 1.29 is 19.4 Å². The van der Waals surface area contributed by atoms with Crippen LogP contribution in [0.2, 0.25) is 0 Å². The molecule has 7 heteroatoms. The van der Waals surface area contributed by atoms with Crippen LogP contribution in [0.1, 0.15) is 36.6 Å². The smallest absolute Gasteiger partial charge is 0.295 e. The molecule has 7 nitrogen and oxygen atoms in total. The van der Waals surface area contributed by atoms with E-state index in [2.05, 4.69) is 23.8 Å². The first-order valence-corrected chi connectivity index (χ1v) is 11.9. The number of likely N-dealkylation sites (tertiary alicyclic amines) is 1. The number of ether oxygens (including phenoxy) is 1. The van der Waals surface area contributed by atoms with E-state index in [4.69, 9.17) is 4.74 Å². The highest BCUT2D eigenvalue weighted by atomic mass is 16.5. The summed E-state index contributed by atoms with van der Waals surface area (Å²) >= 11 is 0. The van der Waals surface area contributed by atoms with Gasteiger partial charge in [0.1, 0.15) is 11.5 Å². The summed E-state index contributed by atoms with van der Waals surface area (Å²) in [6.07, 6.45) is 5.10. The highest BCUT2D eigenvalue weighted by Gasteiger charge is 2.46. The van der Waals surface area contributed by atoms with Gasteiger partial charge in [0.15, 0.2) is 0 Å². The number of carbonyl (C=O) groups excluding carboxylic acids is 2. The van der Waals surface area contributed by atoms with Crippen molar-refractivity contribution in [1.29, 1.82) is 0 Å². The minimum atomic E-state index is -0.758. The van der Waals surface area contributed by atoms with E-state index in [1.807, 2.05) is 36.4 Å². The Hall–Kier alpha value is -4.39. The maximum absolute atomic E-state index is 13.4. The first kappa shape index (κ1) is 23.4. The molecule has 2 aromatic carbocycles. The number of Topliss-reactive ketones (excluding diaryl/α,β-unsaturated/α-hetero) is 1. The number of aliphatic hydroxyl groups is 1. The number of H-pyrrole nitrogens is 1. The number of pyridine rings is 1. The zero-order valence-electron chi connectivity index (χ0n) is 20.1. The van der Waals surface area contributed by atoms with E-state index in [1.54, 1.807) is 42.9 Å². The van der Waals surface area contributed by atoms with Gasteiger partial charge < -0.3 is 19.7 Å². The van der Waals surface area contributed by atoms with Crippen molar-refractivity contribution in [3.63, 3.8) is 0 Å². The number of nitrogens with one attached hydrogen (secondary N) is 1. The molecule has 5 rings (SSSR count). The summed E-state index contributed by atoms with van der Waals surface area (Å²) in [5.74, 6) is -0.522. The van der Waals surface area contributed by atoms with Crippen LogP contribution < -0.4 is 4.74 Å². The van der Waals surface area contributed by atoms with E-state index < -0.39 is 17.7 Å². The van der Waals surface area contributed by atoms with E-state index in [1.165, 1.54) is 4.90 Å². The summed E-state index contributed by atoms with van der Waals surface area (Å²) < 4.78 is 5.74. The predicted molar refractivity (Wildman–Crippen MR) is 137 cm³/mol. The van der Waals surface area contributed by atoms with E-state index in [9.17, 15) is 14.7 Å². The van der Waals surface area contributed by atoms with Crippen molar-refractivity contribution in [2.24, 2.45) is 5.92 Å². The minimum Gasteiger partial charge on any atom is -0.507 e. The molecule has 182 valence electrons. The van der Waals surface area contributed by atoms with Crippen LogP contribution in [-0.4, -0.2) is 38.3 Å². The summed E-state index contributed by atoms with van der Waals surface area (Å²) in [6.45, 7) is 4.91. The van der Waals surface area contributed by atoms with Gasteiger partial charge in [-0.25, -0.2) is 0 Å². The van der Waals surface area contributed by atoms with Crippen LogP contribution in [0.15, 0.2) is 84.8 Å². The number of ketones is 1. The zero-order valence-corrected chi connectivity index (χ0v) is 20.1. The molecule has 36 heavy (non-hydrogen) atoms. The second kappa shape index (κ2) is 9.70. The molecular weight excluding hydrogens is 454 g/mol. The SMILES string of the molecule is CC(C)COc1ccc(/C(O)=C2\C(=O)C(=O)N(Cc3ccncc3)C2c2c[nH]c3ccccc23)cc1. The Labute approximate surface area is 209 Å². The summed E-state index contributed by atoms with van der Waals surface area (Å²) in [5.41, 5.74) is 2.97. The van der Waals surface area contributed by atoms with Gasteiger partial charge in [0, 0.05) is 47.2 Å². The van der Waals surface area contributed by atoms with Crippen LogP contribution in [-0.2, 0) is 16.1 Å². The average molecular weight is 482 g/mol. The Bertz CT molecular complexity index is 1440. The zero-order chi connectivity index (χ0) is 25.2. The quantitative estimate of drug-likeness (QED) is 0.214. The summed E-state index contributed by atoms with van der Waals surface area (Å²) in [6, 6.07) is 17.5. The molecule has 0 saturated carbocycles. The van der Waals surface area contributed by atoms with Crippen molar-refractivity contribution in [3.05, 3.63) is 102 Å². The number of fused-ring (bicyclic) bond motifs is 1. The first-order valence-electron chi connectivity index (χ1n) is 11.9. The monoisotopic (exact) mass is 481 g/mol. The van der Waals surface area contributed by atoms with Gasteiger partial charge >= 0.3 is 0 Å². The second-order valence-corrected chi connectivity index (χ2v) is 9.30. The Morgan fingerprint density at radius 1 is 1.06 bits per heavy atom. The lowest BCUT2D eigenvalue weighted by Gasteiger charge is -2.25. The second-order valence-electron chi connectivity index (χ2n) is 9.30.